The van der Waals surface area contributed by atoms with Crippen LogP contribution in [0.3, 0.4) is 0 Å². The molecule has 0 fully saturated rings. The molecule has 0 aliphatic rings. The van der Waals surface area contributed by atoms with Gasteiger partial charge in [-0.2, -0.15) is 0 Å². The third-order valence-corrected chi connectivity index (χ3v) is 2.89. The first kappa shape index (κ1) is 14.0. The molecule has 0 radical (unpaired) electrons. The lowest BCUT2D eigenvalue weighted by atomic mass is 10.2. The van der Waals surface area contributed by atoms with Gasteiger partial charge in [-0.3, -0.25) is 14.2 Å². The second kappa shape index (κ2) is 5.70. The van der Waals surface area contributed by atoms with Crippen LogP contribution in [0.5, 0.6) is 0 Å². The number of carboxylic acids is 1. The quantitative estimate of drug-likeness (QED) is 0.610. The lowest BCUT2D eigenvalue weighted by Crippen LogP contribution is -2.37. The van der Waals surface area contributed by atoms with E-state index in [1.54, 1.807) is 0 Å². The second-order valence-electron chi connectivity index (χ2n) is 4.14. The largest absolute Gasteiger partial charge is 0.478 e. The summed E-state index contributed by atoms with van der Waals surface area (Å²) in [6.07, 6.45) is 0. The average Bonchev–Trinajstić information content (AvgIpc) is 2.42. The van der Waals surface area contributed by atoms with Crippen molar-refractivity contribution in [3.05, 3.63) is 44.5 Å². The van der Waals surface area contributed by atoms with Crippen molar-refractivity contribution in [1.29, 1.82) is 0 Å². The highest BCUT2D eigenvalue weighted by molar-refractivity contribution is 5.92. The molecule has 0 unspecified atom stereocenters. The Hall–Kier alpha value is -2.41. The molecule has 0 bridgehead atoms. The van der Waals surface area contributed by atoms with Crippen molar-refractivity contribution in [3.63, 3.8) is 0 Å². The smallest absolute Gasteiger partial charge is 0.335 e. The molecule has 0 amide bonds. The van der Waals surface area contributed by atoms with Crippen LogP contribution in [0.4, 0.5) is 0 Å². The van der Waals surface area contributed by atoms with Crippen molar-refractivity contribution in [3.8, 4) is 0 Å². The number of H-pyrrole nitrogens is 1. The van der Waals surface area contributed by atoms with E-state index in [2.05, 4.69) is 4.98 Å². The molecule has 7 heteroatoms. The zero-order chi connectivity index (χ0) is 14.7. The molecular weight excluding hydrogens is 264 g/mol. The third kappa shape index (κ3) is 2.62. The fourth-order valence-corrected chi connectivity index (χ4v) is 1.92. The molecule has 20 heavy (non-hydrogen) atoms. The summed E-state index contributed by atoms with van der Waals surface area (Å²) in [6, 6.07) is 4.20. The molecule has 106 valence electrons. The molecule has 0 atom stereocenters. The molecule has 1 aromatic heterocycles. The zero-order valence-electron chi connectivity index (χ0n) is 10.9. The first-order valence-electron chi connectivity index (χ1n) is 6.12. The summed E-state index contributed by atoms with van der Waals surface area (Å²) in [5.74, 6) is -1.10. The fraction of sp³-hybridized carbons (Fsp3) is 0.308. The Morgan fingerprint density at radius 3 is 2.80 bits per heavy atom. The molecule has 2 aromatic rings. The molecule has 0 spiro atoms. The molecule has 0 saturated carbocycles. The Bertz CT molecular complexity index is 759. The van der Waals surface area contributed by atoms with Crippen LogP contribution < -0.4 is 11.1 Å². The van der Waals surface area contributed by atoms with E-state index in [0.29, 0.717) is 17.6 Å². The summed E-state index contributed by atoms with van der Waals surface area (Å²) in [4.78, 5) is 36.8. The normalized spacial score (nSPS) is 10.8. The number of nitrogens with one attached hydrogen (secondary N) is 1. The van der Waals surface area contributed by atoms with Crippen LogP contribution in [-0.4, -0.2) is 33.8 Å². The number of carboxylic acid groups (broad SMARTS) is 1. The number of fused-ring (bicyclic) bond motifs is 1. The number of carbonyl (C=O) groups is 1. The molecule has 1 aromatic carbocycles. The van der Waals surface area contributed by atoms with Gasteiger partial charge in [0.15, 0.2) is 0 Å². The van der Waals surface area contributed by atoms with Crippen LogP contribution in [0.25, 0.3) is 11.0 Å². The zero-order valence-corrected chi connectivity index (χ0v) is 10.9. The van der Waals surface area contributed by atoms with E-state index in [1.807, 2.05) is 6.92 Å². The maximum atomic E-state index is 11.9. The first-order chi connectivity index (χ1) is 9.54. The minimum atomic E-state index is -1.10. The highest BCUT2D eigenvalue weighted by atomic mass is 16.5. The van der Waals surface area contributed by atoms with E-state index in [1.165, 1.54) is 22.8 Å². The van der Waals surface area contributed by atoms with Crippen molar-refractivity contribution in [1.82, 2.24) is 9.55 Å². The summed E-state index contributed by atoms with van der Waals surface area (Å²) < 4.78 is 6.40. The summed E-state index contributed by atoms with van der Waals surface area (Å²) in [5.41, 5.74) is -0.628. The van der Waals surface area contributed by atoms with Crippen LogP contribution in [0.1, 0.15) is 17.3 Å². The lowest BCUT2D eigenvalue weighted by molar-refractivity contribution is 0.0697. The van der Waals surface area contributed by atoms with Gasteiger partial charge < -0.3 is 14.8 Å². The first-order valence-corrected chi connectivity index (χ1v) is 6.12. The fourth-order valence-electron chi connectivity index (χ4n) is 1.92. The number of rotatable bonds is 5. The third-order valence-electron chi connectivity index (χ3n) is 2.89. The van der Waals surface area contributed by atoms with Crippen molar-refractivity contribution in [2.24, 2.45) is 0 Å². The molecule has 1 heterocycles. The SMILES string of the molecule is CCOCCn1c(=O)c(=O)[nH]c2ccc(C(=O)O)cc21. The molecule has 0 saturated heterocycles. The van der Waals surface area contributed by atoms with Crippen LogP contribution >= 0.6 is 0 Å². The second-order valence-corrected chi connectivity index (χ2v) is 4.14. The average molecular weight is 278 g/mol. The highest BCUT2D eigenvalue weighted by Crippen LogP contribution is 2.11. The van der Waals surface area contributed by atoms with Gasteiger partial charge in [0.25, 0.3) is 0 Å². The standard InChI is InChI=1S/C13H14N2O5/c1-2-20-6-5-15-10-7-8(13(18)19)3-4-9(10)14-11(16)12(15)17/h3-4,7H,2,5-6H2,1H3,(H,14,16)(H,18,19). The molecule has 7 nitrogen and oxygen atoms in total. The number of aromatic carboxylic acids is 1. The predicted molar refractivity (Wildman–Crippen MR) is 72.3 cm³/mol. The number of ether oxygens (including phenoxy) is 1. The molecule has 0 aliphatic carbocycles. The summed E-state index contributed by atoms with van der Waals surface area (Å²) in [5, 5.41) is 8.99. The number of hydrogen-bond acceptors (Lipinski definition) is 4. The van der Waals surface area contributed by atoms with Crippen molar-refractivity contribution < 1.29 is 14.6 Å². The lowest BCUT2D eigenvalue weighted by Gasteiger charge is -2.10. The number of aromatic amines is 1. The van der Waals surface area contributed by atoms with Gasteiger partial charge in [0.2, 0.25) is 0 Å². The summed E-state index contributed by atoms with van der Waals surface area (Å²) in [7, 11) is 0. The van der Waals surface area contributed by atoms with Gasteiger partial charge in [0.05, 0.1) is 23.2 Å². The Balaban J connectivity index is 2.63. The minimum absolute atomic E-state index is 0.0501. The molecule has 0 aliphatic heterocycles. The van der Waals surface area contributed by atoms with Gasteiger partial charge in [0.1, 0.15) is 0 Å². The van der Waals surface area contributed by atoms with Gasteiger partial charge >= 0.3 is 17.1 Å². The minimum Gasteiger partial charge on any atom is -0.478 e. The number of benzene rings is 1. The molecule has 2 N–H and O–H groups in total. The number of nitrogens with zero attached hydrogens (tertiary/aromatic N) is 1. The van der Waals surface area contributed by atoms with Gasteiger partial charge in [-0.15, -0.1) is 0 Å². The highest BCUT2D eigenvalue weighted by Gasteiger charge is 2.10. The van der Waals surface area contributed by atoms with Crippen molar-refractivity contribution in [2.45, 2.75) is 13.5 Å². The van der Waals surface area contributed by atoms with Gasteiger partial charge in [-0.25, -0.2) is 4.79 Å². The van der Waals surface area contributed by atoms with Crippen LogP contribution in [0, 0.1) is 0 Å². The Kier molecular flexibility index (Phi) is 3.99. The topological polar surface area (TPSA) is 101 Å². The number of hydrogen-bond donors (Lipinski definition) is 2. The van der Waals surface area contributed by atoms with Gasteiger partial charge in [0, 0.05) is 13.2 Å². The van der Waals surface area contributed by atoms with Gasteiger partial charge in [-0.1, -0.05) is 0 Å². The van der Waals surface area contributed by atoms with Crippen LogP contribution in [-0.2, 0) is 11.3 Å². The van der Waals surface area contributed by atoms with E-state index in [4.69, 9.17) is 9.84 Å². The predicted octanol–water partition coefficient (Wildman–Crippen LogP) is 0.425. The molecular formula is C13H14N2O5. The molecule has 2 rings (SSSR count). The van der Waals surface area contributed by atoms with Crippen LogP contribution in [0.15, 0.2) is 27.8 Å². The Labute approximate surface area is 113 Å². The van der Waals surface area contributed by atoms with E-state index >= 15 is 0 Å². The van der Waals surface area contributed by atoms with Crippen LogP contribution in [0.2, 0.25) is 0 Å². The van der Waals surface area contributed by atoms with Gasteiger partial charge in [-0.05, 0) is 25.1 Å². The monoisotopic (exact) mass is 278 g/mol. The van der Waals surface area contributed by atoms with E-state index in [0.717, 1.165) is 0 Å². The Morgan fingerprint density at radius 1 is 1.40 bits per heavy atom. The Morgan fingerprint density at radius 2 is 2.15 bits per heavy atom. The summed E-state index contributed by atoms with van der Waals surface area (Å²) in [6.45, 7) is 2.78. The van der Waals surface area contributed by atoms with Crippen molar-refractivity contribution >= 4 is 17.0 Å². The van der Waals surface area contributed by atoms with E-state index in [9.17, 15) is 14.4 Å². The summed E-state index contributed by atoms with van der Waals surface area (Å²) >= 11 is 0. The maximum Gasteiger partial charge on any atom is 0.335 e. The van der Waals surface area contributed by atoms with E-state index in [-0.39, 0.29) is 18.7 Å². The number of aromatic nitrogens is 2. The maximum absolute atomic E-state index is 11.9. The van der Waals surface area contributed by atoms with E-state index < -0.39 is 17.1 Å². The van der Waals surface area contributed by atoms with Crippen molar-refractivity contribution in [2.75, 3.05) is 13.2 Å².